The van der Waals surface area contributed by atoms with Crippen LogP contribution >= 0.6 is 0 Å². The van der Waals surface area contributed by atoms with Gasteiger partial charge in [-0.2, -0.15) is 4.91 Å². The number of methoxy groups -OCH3 is 1. The predicted octanol–water partition coefficient (Wildman–Crippen LogP) is 3.66. The molecule has 5 heteroatoms. The number of carbonyl (C=O) groups is 1. The van der Waals surface area contributed by atoms with E-state index in [0.29, 0.717) is 6.42 Å². The van der Waals surface area contributed by atoms with Gasteiger partial charge in [-0.15, -0.1) is 0 Å². The summed E-state index contributed by atoms with van der Waals surface area (Å²) >= 11 is 0. The zero-order valence-corrected chi connectivity index (χ0v) is 12.5. The highest BCUT2D eigenvalue weighted by atomic mass is 16.5. The average molecular weight is 293 g/mol. The summed E-state index contributed by atoms with van der Waals surface area (Å²) in [4.78, 5) is 21.0. The van der Waals surface area contributed by atoms with E-state index in [1.807, 2.05) is 12.1 Å². The Morgan fingerprint density at radius 2 is 1.86 bits per heavy atom. The molecule has 1 rings (SSSR count). The van der Waals surface area contributed by atoms with Crippen molar-refractivity contribution in [2.75, 3.05) is 13.7 Å². The topological polar surface area (TPSA) is 76.0 Å². The normalized spacial score (nSPS) is 11.9. The van der Waals surface area contributed by atoms with Gasteiger partial charge in [0.15, 0.2) is 0 Å². The third-order valence-corrected chi connectivity index (χ3v) is 3.57. The smallest absolute Gasteiger partial charge is 0.308 e. The summed E-state index contributed by atoms with van der Waals surface area (Å²) in [5.74, 6) is -0.681. The van der Waals surface area contributed by atoms with Crippen LogP contribution in [0.1, 0.15) is 37.7 Å². The molecule has 0 saturated heterocycles. The molecule has 0 fully saturated rings. The highest BCUT2D eigenvalue weighted by Crippen LogP contribution is 2.15. The molecule has 1 aromatic carbocycles. The zero-order chi connectivity index (χ0) is 15.5. The van der Waals surface area contributed by atoms with Gasteiger partial charge in [0.25, 0.3) is 0 Å². The van der Waals surface area contributed by atoms with Crippen LogP contribution in [0.15, 0.2) is 29.4 Å². The summed E-state index contributed by atoms with van der Waals surface area (Å²) in [5, 5.41) is 11.6. The molecule has 0 aliphatic carbocycles. The fourth-order valence-electron chi connectivity index (χ4n) is 2.25. The van der Waals surface area contributed by atoms with E-state index in [1.165, 1.54) is 5.56 Å². The number of benzene rings is 1. The van der Waals surface area contributed by atoms with Crippen molar-refractivity contribution in [3.05, 3.63) is 34.7 Å². The van der Waals surface area contributed by atoms with Crippen LogP contribution < -0.4 is 4.74 Å². The maximum Gasteiger partial charge on any atom is 0.308 e. The Kier molecular flexibility index (Phi) is 8.09. The number of carboxylic acid groups (broad SMARTS) is 1. The Balaban J connectivity index is 2.13. The van der Waals surface area contributed by atoms with E-state index in [1.54, 1.807) is 7.11 Å². The molecule has 0 heterocycles. The third-order valence-electron chi connectivity index (χ3n) is 3.57. The van der Waals surface area contributed by atoms with E-state index < -0.39 is 11.9 Å². The van der Waals surface area contributed by atoms with Gasteiger partial charge in [-0.25, -0.2) is 0 Å². The second-order valence-electron chi connectivity index (χ2n) is 5.15. The molecule has 0 aliphatic heterocycles. The first kappa shape index (κ1) is 17.1. The van der Waals surface area contributed by atoms with Gasteiger partial charge in [-0.1, -0.05) is 36.6 Å². The zero-order valence-electron chi connectivity index (χ0n) is 12.5. The first-order valence-electron chi connectivity index (χ1n) is 7.32. The van der Waals surface area contributed by atoms with Crippen molar-refractivity contribution in [3.8, 4) is 5.75 Å². The highest BCUT2D eigenvalue weighted by molar-refractivity contribution is 5.70. The number of aliphatic carboxylic acids is 1. The molecule has 0 aliphatic rings. The summed E-state index contributed by atoms with van der Waals surface area (Å²) in [5.41, 5.74) is 1.28. The van der Waals surface area contributed by atoms with Crippen LogP contribution in [0.3, 0.4) is 0 Å². The predicted molar refractivity (Wildman–Crippen MR) is 81.6 cm³/mol. The maximum absolute atomic E-state index is 10.8. The van der Waals surface area contributed by atoms with Crippen LogP contribution in [0.25, 0.3) is 0 Å². The molecular weight excluding hydrogens is 270 g/mol. The van der Waals surface area contributed by atoms with Crippen molar-refractivity contribution >= 4 is 5.97 Å². The van der Waals surface area contributed by atoms with E-state index in [0.717, 1.165) is 37.9 Å². The molecule has 0 saturated carbocycles. The van der Waals surface area contributed by atoms with Gasteiger partial charge >= 0.3 is 5.97 Å². The van der Waals surface area contributed by atoms with Crippen molar-refractivity contribution in [2.45, 2.75) is 38.5 Å². The van der Waals surface area contributed by atoms with Crippen LogP contribution in [0.4, 0.5) is 0 Å². The van der Waals surface area contributed by atoms with Crippen molar-refractivity contribution in [1.82, 2.24) is 0 Å². The largest absolute Gasteiger partial charge is 0.497 e. The van der Waals surface area contributed by atoms with Gasteiger partial charge in [0.05, 0.1) is 19.6 Å². The number of hydrogen-bond acceptors (Lipinski definition) is 4. The minimum Gasteiger partial charge on any atom is -0.497 e. The molecule has 1 N–H and O–H groups in total. The van der Waals surface area contributed by atoms with Gasteiger partial charge in [0.1, 0.15) is 5.75 Å². The van der Waals surface area contributed by atoms with Crippen molar-refractivity contribution in [2.24, 2.45) is 11.1 Å². The molecule has 0 bridgehead atoms. The molecule has 0 spiro atoms. The molecule has 21 heavy (non-hydrogen) atoms. The van der Waals surface area contributed by atoms with Gasteiger partial charge in [0, 0.05) is 0 Å². The summed E-state index contributed by atoms with van der Waals surface area (Å²) in [6.07, 6.45) is 5.50. The standard InChI is InChI=1S/C16H23NO4/c1-21-15-10-8-13(9-11-15)6-4-2-3-5-7-14(12-17-20)16(18)19/h8-11,14H,2-7,12H2,1H3,(H,18,19)/t14-/m1/s1. The van der Waals surface area contributed by atoms with E-state index in [9.17, 15) is 9.70 Å². The van der Waals surface area contributed by atoms with Crippen molar-refractivity contribution in [1.29, 1.82) is 0 Å². The van der Waals surface area contributed by atoms with Gasteiger partial charge < -0.3 is 9.84 Å². The summed E-state index contributed by atoms with van der Waals surface area (Å²) in [6, 6.07) is 8.04. The van der Waals surface area contributed by atoms with Crippen LogP contribution in [-0.4, -0.2) is 24.7 Å². The average Bonchev–Trinajstić information content (AvgIpc) is 2.50. The summed E-state index contributed by atoms with van der Waals surface area (Å²) < 4.78 is 5.11. The first-order valence-corrected chi connectivity index (χ1v) is 7.32. The fraction of sp³-hybridized carbons (Fsp3) is 0.562. The fourth-order valence-corrected chi connectivity index (χ4v) is 2.25. The number of carboxylic acids is 1. The van der Waals surface area contributed by atoms with Gasteiger partial charge in [-0.05, 0) is 37.0 Å². The lowest BCUT2D eigenvalue weighted by Crippen LogP contribution is -2.16. The molecule has 0 unspecified atom stereocenters. The van der Waals surface area contributed by atoms with Crippen LogP contribution in [0.5, 0.6) is 5.75 Å². The molecule has 0 amide bonds. The van der Waals surface area contributed by atoms with Crippen molar-refractivity contribution in [3.63, 3.8) is 0 Å². The lowest BCUT2D eigenvalue weighted by molar-refractivity contribution is -0.141. The first-order chi connectivity index (χ1) is 10.2. The Bertz CT molecular complexity index is 430. The lowest BCUT2D eigenvalue weighted by atomic mass is 10.00. The highest BCUT2D eigenvalue weighted by Gasteiger charge is 2.16. The lowest BCUT2D eigenvalue weighted by Gasteiger charge is -2.08. The molecule has 1 atom stereocenters. The maximum atomic E-state index is 10.8. The van der Waals surface area contributed by atoms with E-state index in [2.05, 4.69) is 17.3 Å². The number of unbranched alkanes of at least 4 members (excludes halogenated alkanes) is 3. The van der Waals surface area contributed by atoms with E-state index in [4.69, 9.17) is 9.84 Å². The number of ether oxygens (including phenoxy) is 1. The second kappa shape index (κ2) is 9.91. The Morgan fingerprint density at radius 1 is 1.19 bits per heavy atom. The van der Waals surface area contributed by atoms with Gasteiger partial charge in [-0.3, -0.25) is 4.79 Å². The Hall–Kier alpha value is -1.91. The minimum atomic E-state index is -0.923. The quantitative estimate of drug-likeness (QED) is 0.499. The Labute approximate surface area is 125 Å². The number of aryl methyl sites for hydroxylation is 1. The number of nitroso groups, excluding NO2 is 1. The molecule has 1 aromatic rings. The van der Waals surface area contributed by atoms with Gasteiger partial charge in [0.2, 0.25) is 0 Å². The monoisotopic (exact) mass is 293 g/mol. The molecule has 5 nitrogen and oxygen atoms in total. The number of rotatable bonds is 11. The summed E-state index contributed by atoms with van der Waals surface area (Å²) in [6.45, 7) is -0.124. The third kappa shape index (κ3) is 6.88. The Morgan fingerprint density at radius 3 is 2.43 bits per heavy atom. The summed E-state index contributed by atoms with van der Waals surface area (Å²) in [7, 11) is 1.65. The minimum absolute atomic E-state index is 0.124. The van der Waals surface area contributed by atoms with E-state index in [-0.39, 0.29) is 6.54 Å². The number of hydrogen-bond donors (Lipinski definition) is 1. The van der Waals surface area contributed by atoms with Crippen LogP contribution in [0.2, 0.25) is 0 Å². The second-order valence-corrected chi connectivity index (χ2v) is 5.15. The molecular formula is C16H23NO4. The molecule has 116 valence electrons. The molecule has 0 radical (unpaired) electrons. The SMILES string of the molecule is COc1ccc(CCCCCC[C@H](CN=O)C(=O)O)cc1. The van der Waals surface area contributed by atoms with Crippen LogP contribution in [0, 0.1) is 10.8 Å². The van der Waals surface area contributed by atoms with Crippen LogP contribution in [-0.2, 0) is 11.2 Å². The molecule has 0 aromatic heterocycles. The number of nitrogens with zero attached hydrogens (tertiary/aromatic N) is 1. The van der Waals surface area contributed by atoms with E-state index >= 15 is 0 Å². The van der Waals surface area contributed by atoms with Crippen molar-refractivity contribution < 1.29 is 14.6 Å².